The molecule has 4 nitrogen and oxygen atoms in total. The van der Waals surface area contributed by atoms with Crippen LogP contribution in [0.3, 0.4) is 0 Å². The minimum Gasteiger partial charge on any atom is -0.370 e. The van der Waals surface area contributed by atoms with Gasteiger partial charge >= 0.3 is 12.4 Å². The molecule has 0 spiro atoms. The second-order valence-electron chi connectivity index (χ2n) is 8.63. The molecule has 1 heterocycles. The van der Waals surface area contributed by atoms with E-state index in [4.69, 9.17) is 5.11 Å². The maximum absolute atomic E-state index is 12.7. The predicted octanol–water partition coefficient (Wildman–Crippen LogP) is 6.62. The highest BCUT2D eigenvalue weighted by Gasteiger charge is 2.68. The van der Waals surface area contributed by atoms with Gasteiger partial charge in [0.25, 0.3) is 5.60 Å². The van der Waals surface area contributed by atoms with Gasteiger partial charge in [-0.2, -0.15) is 26.3 Å². The van der Waals surface area contributed by atoms with Gasteiger partial charge in [0.15, 0.2) is 0 Å². The smallest absolute Gasteiger partial charge is 0.370 e. The molecule has 12 heteroatoms. The Morgan fingerprint density at radius 3 is 2.21 bits per heavy atom. The average molecular weight is 530 g/mol. The molecule has 1 N–H and O–H groups in total. The van der Waals surface area contributed by atoms with E-state index in [1.165, 1.54) is 6.08 Å². The standard InChI is InChI=1S/C22H25F6NO3S2/c1-19(2,13-9-14-20(30,21(23,24)25)22(26,27)28)12-7-3-4-8-15-34(31,32)18-29-16-10-5-6-11-17(16)33-18/h4-6,8-11,14,30H,3,7,12-13,15H2,1-2H3/b8-4+,14-9-. The zero-order valence-corrected chi connectivity index (χ0v) is 20.1. The Labute approximate surface area is 197 Å². The van der Waals surface area contributed by atoms with Crippen molar-refractivity contribution >= 4 is 31.4 Å². The van der Waals surface area contributed by atoms with E-state index >= 15 is 0 Å². The summed E-state index contributed by atoms with van der Waals surface area (Å²) in [7, 11) is -3.58. The van der Waals surface area contributed by atoms with Crippen LogP contribution in [0.25, 0.3) is 10.2 Å². The highest BCUT2D eigenvalue weighted by molar-refractivity contribution is 7.93. The van der Waals surface area contributed by atoms with Gasteiger partial charge in [-0.3, -0.25) is 0 Å². The van der Waals surface area contributed by atoms with Crippen molar-refractivity contribution in [2.24, 2.45) is 5.41 Å². The van der Waals surface area contributed by atoms with Crippen LogP contribution in [0.1, 0.15) is 39.5 Å². The molecule has 0 aliphatic heterocycles. The van der Waals surface area contributed by atoms with Crippen LogP contribution in [-0.4, -0.2) is 42.2 Å². The summed E-state index contributed by atoms with van der Waals surface area (Å²) in [5.41, 5.74) is -4.92. The van der Waals surface area contributed by atoms with E-state index in [0.29, 0.717) is 30.9 Å². The predicted molar refractivity (Wildman–Crippen MR) is 119 cm³/mol. The third kappa shape index (κ3) is 7.05. The van der Waals surface area contributed by atoms with Crippen LogP contribution in [0.15, 0.2) is 52.9 Å². The van der Waals surface area contributed by atoms with Crippen molar-refractivity contribution in [1.29, 1.82) is 0 Å². The van der Waals surface area contributed by atoms with E-state index in [1.54, 1.807) is 44.2 Å². The first-order valence-corrected chi connectivity index (χ1v) is 12.7. The normalized spacial score (nSPS) is 14.6. The minimum atomic E-state index is -5.89. The molecule has 0 unspecified atom stereocenters. The Morgan fingerprint density at radius 1 is 1.00 bits per heavy atom. The fraction of sp³-hybridized carbons (Fsp3) is 0.500. The van der Waals surface area contributed by atoms with Crippen molar-refractivity contribution in [3.63, 3.8) is 0 Å². The van der Waals surface area contributed by atoms with Crippen molar-refractivity contribution in [2.75, 3.05) is 5.75 Å². The Morgan fingerprint density at radius 2 is 1.62 bits per heavy atom. The Balaban J connectivity index is 1.85. The molecule has 0 atom stereocenters. The second kappa shape index (κ2) is 10.4. The Hall–Kier alpha value is -1.92. The largest absolute Gasteiger partial charge is 0.429 e. The van der Waals surface area contributed by atoms with Gasteiger partial charge < -0.3 is 5.11 Å². The van der Waals surface area contributed by atoms with Gasteiger partial charge in [-0.1, -0.05) is 44.2 Å². The van der Waals surface area contributed by atoms with E-state index in [9.17, 15) is 34.8 Å². The molecule has 0 aliphatic rings. The first-order valence-electron chi connectivity index (χ1n) is 10.3. The van der Waals surface area contributed by atoms with E-state index < -0.39 is 33.2 Å². The Kier molecular flexibility index (Phi) is 8.64. The molecule has 34 heavy (non-hydrogen) atoms. The number of thiazole rings is 1. The van der Waals surface area contributed by atoms with E-state index in [-0.39, 0.29) is 22.6 Å². The topological polar surface area (TPSA) is 67.3 Å². The quantitative estimate of drug-likeness (QED) is 0.213. The molecule has 0 radical (unpaired) electrons. The van der Waals surface area contributed by atoms with Crippen LogP contribution in [0.4, 0.5) is 26.3 Å². The van der Waals surface area contributed by atoms with Crippen LogP contribution in [0.5, 0.6) is 0 Å². The SMILES string of the molecule is CC(C)(C/C=C\C(O)(C(F)(F)F)C(F)(F)F)CCC/C=C/CS(=O)(=O)c1nc2ccccc2s1. The van der Waals surface area contributed by atoms with Crippen molar-refractivity contribution in [3.05, 3.63) is 48.6 Å². The Bertz CT molecular complexity index is 1080. The minimum absolute atomic E-state index is 0.0314. The van der Waals surface area contributed by atoms with Crippen LogP contribution in [-0.2, 0) is 9.84 Å². The number of benzene rings is 1. The number of para-hydroxylation sites is 1. The molecule has 0 fully saturated rings. The number of rotatable bonds is 10. The van der Waals surface area contributed by atoms with Crippen molar-refractivity contribution in [1.82, 2.24) is 4.98 Å². The monoisotopic (exact) mass is 529 g/mol. The molecule has 0 saturated heterocycles. The molecular weight excluding hydrogens is 504 g/mol. The van der Waals surface area contributed by atoms with Crippen molar-refractivity contribution < 1.29 is 39.9 Å². The number of fused-ring (bicyclic) bond motifs is 1. The number of aliphatic hydroxyl groups is 1. The van der Waals surface area contributed by atoms with Crippen LogP contribution < -0.4 is 0 Å². The molecule has 0 amide bonds. The third-order valence-electron chi connectivity index (χ3n) is 5.14. The summed E-state index contributed by atoms with van der Waals surface area (Å²) in [6.07, 6.45) is -6.78. The molecule has 0 bridgehead atoms. The van der Waals surface area contributed by atoms with E-state index in [0.717, 1.165) is 16.0 Å². The zero-order chi connectivity index (χ0) is 25.8. The summed E-state index contributed by atoms with van der Waals surface area (Å²) in [5, 5.41) is 9.14. The summed E-state index contributed by atoms with van der Waals surface area (Å²) >= 11 is 1.09. The fourth-order valence-electron chi connectivity index (χ4n) is 3.07. The molecule has 2 aromatic rings. The average Bonchev–Trinajstić information content (AvgIpc) is 3.14. The molecule has 190 valence electrons. The van der Waals surface area contributed by atoms with Crippen LogP contribution in [0.2, 0.25) is 0 Å². The van der Waals surface area contributed by atoms with Gasteiger partial charge in [0.1, 0.15) is 0 Å². The highest BCUT2D eigenvalue weighted by Crippen LogP contribution is 2.44. The van der Waals surface area contributed by atoms with Crippen LogP contribution in [0, 0.1) is 5.41 Å². The number of hydrogen-bond donors (Lipinski definition) is 1. The summed E-state index contributed by atoms with van der Waals surface area (Å²) in [4.78, 5) is 4.14. The molecule has 1 aromatic carbocycles. The van der Waals surface area contributed by atoms with Gasteiger partial charge in [-0.25, -0.2) is 13.4 Å². The fourth-order valence-corrected chi connectivity index (χ4v) is 5.51. The molecule has 1 aromatic heterocycles. The van der Waals surface area contributed by atoms with Gasteiger partial charge in [-0.15, -0.1) is 11.3 Å². The van der Waals surface area contributed by atoms with Crippen LogP contribution >= 0.6 is 11.3 Å². The highest BCUT2D eigenvalue weighted by atomic mass is 32.2. The van der Waals surface area contributed by atoms with Crippen molar-refractivity contribution in [3.8, 4) is 0 Å². The maximum atomic E-state index is 12.7. The lowest BCUT2D eigenvalue weighted by Crippen LogP contribution is -2.55. The van der Waals surface area contributed by atoms with Gasteiger partial charge in [0.2, 0.25) is 14.2 Å². The number of unbranched alkanes of at least 4 members (excludes halogenated alkanes) is 1. The molecule has 0 saturated carbocycles. The number of allylic oxidation sites excluding steroid dienone is 2. The number of hydrogen-bond acceptors (Lipinski definition) is 5. The second-order valence-corrected chi connectivity index (χ2v) is 11.9. The zero-order valence-electron chi connectivity index (χ0n) is 18.4. The number of halogens is 6. The number of aromatic nitrogens is 1. The summed E-state index contributed by atoms with van der Waals surface area (Å²) in [5.74, 6) is -0.230. The molecule has 2 rings (SSSR count). The molecule has 0 aliphatic carbocycles. The summed E-state index contributed by atoms with van der Waals surface area (Å²) in [6, 6.07) is 7.07. The van der Waals surface area contributed by atoms with Gasteiger partial charge in [-0.05, 0) is 49.3 Å². The van der Waals surface area contributed by atoms with Gasteiger partial charge in [0.05, 0.1) is 16.0 Å². The summed E-state index contributed by atoms with van der Waals surface area (Å²) < 4.78 is 102. The number of alkyl halides is 6. The van der Waals surface area contributed by atoms with E-state index in [2.05, 4.69) is 4.98 Å². The van der Waals surface area contributed by atoms with Crippen molar-refractivity contribution in [2.45, 2.75) is 61.8 Å². The lowest BCUT2D eigenvalue weighted by molar-refractivity contribution is -0.347. The first-order chi connectivity index (χ1) is 15.5. The van der Waals surface area contributed by atoms with E-state index in [1.807, 2.05) is 0 Å². The third-order valence-corrected chi connectivity index (χ3v) is 8.24. The number of sulfone groups is 1. The lowest BCUT2D eigenvalue weighted by Gasteiger charge is -2.30. The molecular formula is C22H25F6NO3S2. The summed E-state index contributed by atoms with van der Waals surface area (Å²) in [6.45, 7) is 3.36. The number of nitrogens with zero attached hydrogens (tertiary/aromatic N) is 1. The first kappa shape index (κ1) is 28.3. The van der Waals surface area contributed by atoms with Gasteiger partial charge in [0, 0.05) is 0 Å². The lowest BCUT2D eigenvalue weighted by atomic mass is 9.83. The maximum Gasteiger partial charge on any atom is 0.429 e.